The Balaban J connectivity index is 1.42. The number of H-pyrrole nitrogens is 1. The largest absolute Gasteiger partial charge is 0.415 e. The molecule has 0 bridgehead atoms. The number of benzene rings is 1. The van der Waals surface area contributed by atoms with Gasteiger partial charge in [-0.3, -0.25) is 4.79 Å². The number of aromatic nitrogens is 2. The lowest BCUT2D eigenvalue weighted by atomic mass is 9.92. The first-order valence-corrected chi connectivity index (χ1v) is 12.1. The molecule has 1 aromatic heterocycles. The molecule has 0 aliphatic carbocycles. The van der Waals surface area contributed by atoms with Gasteiger partial charge in [0, 0.05) is 42.8 Å². The normalized spacial score (nSPS) is 15.9. The number of thioether (sulfide) groups is 1. The van der Waals surface area contributed by atoms with Crippen molar-refractivity contribution in [3.63, 3.8) is 0 Å². The molecule has 0 spiro atoms. The molecule has 2 heterocycles. The van der Waals surface area contributed by atoms with Crippen LogP contribution in [0.1, 0.15) is 57.3 Å². The van der Waals surface area contributed by atoms with Crippen molar-refractivity contribution in [2.75, 3.05) is 19.6 Å². The molecule has 174 valence electrons. The number of hydrogen-bond acceptors (Lipinski definition) is 5. The van der Waals surface area contributed by atoms with Crippen LogP contribution in [-0.2, 0) is 0 Å². The minimum absolute atomic E-state index is 0.115. The Morgan fingerprint density at radius 2 is 1.94 bits per heavy atom. The summed E-state index contributed by atoms with van der Waals surface area (Å²) >= 11 is 1.74. The Kier molecular flexibility index (Phi) is 8.23. The first-order valence-electron chi connectivity index (χ1n) is 11.2. The summed E-state index contributed by atoms with van der Waals surface area (Å²) < 4.78 is 5.53. The van der Waals surface area contributed by atoms with E-state index in [0.717, 1.165) is 24.4 Å². The quantitative estimate of drug-likeness (QED) is 0.572. The van der Waals surface area contributed by atoms with E-state index in [2.05, 4.69) is 43.0 Å². The van der Waals surface area contributed by atoms with Gasteiger partial charge in [-0.15, -0.1) is 0 Å². The second-order valence-corrected chi connectivity index (χ2v) is 10.9. The monoisotopic (exact) mass is 458 g/mol. The van der Waals surface area contributed by atoms with Gasteiger partial charge >= 0.3 is 6.09 Å². The zero-order chi connectivity index (χ0) is 23.1. The lowest BCUT2D eigenvalue weighted by Gasteiger charge is -2.33. The fourth-order valence-corrected chi connectivity index (χ4v) is 4.71. The van der Waals surface area contributed by atoms with Crippen LogP contribution in [0.25, 0.3) is 0 Å². The van der Waals surface area contributed by atoms with Crippen molar-refractivity contribution in [3.8, 4) is 5.75 Å². The topological polar surface area (TPSA) is 87.3 Å². The highest BCUT2D eigenvalue weighted by atomic mass is 32.2. The van der Waals surface area contributed by atoms with Crippen LogP contribution in [0.2, 0.25) is 0 Å². The zero-order valence-corrected chi connectivity index (χ0v) is 20.2. The molecule has 1 aromatic carbocycles. The molecular weight excluding hydrogens is 424 g/mol. The van der Waals surface area contributed by atoms with E-state index >= 15 is 0 Å². The van der Waals surface area contributed by atoms with Crippen LogP contribution >= 0.6 is 11.8 Å². The zero-order valence-electron chi connectivity index (χ0n) is 19.4. The number of carbonyl (C=O) groups excluding carboxylic acids is 2. The van der Waals surface area contributed by atoms with Crippen LogP contribution in [0.15, 0.2) is 41.8 Å². The van der Waals surface area contributed by atoms with Gasteiger partial charge in [0.2, 0.25) is 0 Å². The molecule has 1 saturated heterocycles. The maximum atomic E-state index is 12.6. The standard InChI is InChI=1S/C24H34N4O3S/c1-17(32-22-26-13-14-27-22)18-9-15-28(16-10-18)23(30)31-20-7-5-19(6-8-20)21(29)25-12-11-24(2,3)4/h5-8,13-14,17-18H,9-12,15-16H2,1-4H3,(H,25,29)(H,26,27). The fraction of sp³-hybridized carbons (Fsp3) is 0.542. The van der Waals surface area contributed by atoms with E-state index < -0.39 is 0 Å². The molecule has 1 atom stereocenters. The summed E-state index contributed by atoms with van der Waals surface area (Å²) in [6, 6.07) is 6.72. The van der Waals surface area contributed by atoms with Gasteiger partial charge in [-0.2, -0.15) is 0 Å². The SMILES string of the molecule is CC(Sc1ncc[nH]1)C1CCN(C(=O)Oc2ccc(C(=O)NCCC(C)(C)C)cc2)CC1. The van der Waals surface area contributed by atoms with E-state index in [1.165, 1.54) is 0 Å². The molecule has 1 unspecified atom stereocenters. The number of piperidine rings is 1. The second-order valence-electron chi connectivity index (χ2n) is 9.50. The third kappa shape index (κ3) is 7.29. The Morgan fingerprint density at radius 1 is 1.25 bits per heavy atom. The molecule has 2 N–H and O–H groups in total. The van der Waals surface area contributed by atoms with Crippen molar-refractivity contribution in [1.29, 1.82) is 0 Å². The van der Waals surface area contributed by atoms with Crippen LogP contribution in [0.4, 0.5) is 4.79 Å². The van der Waals surface area contributed by atoms with Crippen molar-refractivity contribution in [1.82, 2.24) is 20.2 Å². The Bertz CT molecular complexity index is 870. The molecule has 0 saturated carbocycles. The number of likely N-dealkylation sites (tertiary alicyclic amines) is 1. The summed E-state index contributed by atoms with van der Waals surface area (Å²) in [5, 5.41) is 4.30. The number of carbonyl (C=O) groups is 2. The van der Waals surface area contributed by atoms with Crippen molar-refractivity contribution in [3.05, 3.63) is 42.2 Å². The van der Waals surface area contributed by atoms with Crippen molar-refractivity contribution in [2.24, 2.45) is 11.3 Å². The Labute approximate surface area is 194 Å². The van der Waals surface area contributed by atoms with Crippen molar-refractivity contribution < 1.29 is 14.3 Å². The first-order chi connectivity index (χ1) is 15.2. The van der Waals surface area contributed by atoms with Crippen LogP contribution in [0.3, 0.4) is 0 Å². The van der Waals surface area contributed by atoms with E-state index in [9.17, 15) is 9.59 Å². The molecule has 32 heavy (non-hydrogen) atoms. The molecule has 8 heteroatoms. The molecule has 7 nitrogen and oxygen atoms in total. The molecule has 2 aromatic rings. The highest BCUT2D eigenvalue weighted by Gasteiger charge is 2.28. The van der Waals surface area contributed by atoms with Crippen LogP contribution in [0, 0.1) is 11.3 Å². The molecule has 3 rings (SSSR count). The maximum Gasteiger partial charge on any atom is 0.415 e. The second kappa shape index (κ2) is 10.9. The number of aromatic amines is 1. The minimum Gasteiger partial charge on any atom is -0.410 e. The van der Waals surface area contributed by atoms with E-state index in [1.54, 1.807) is 47.1 Å². The van der Waals surface area contributed by atoms with Gasteiger partial charge in [-0.1, -0.05) is 39.5 Å². The van der Waals surface area contributed by atoms with E-state index in [-0.39, 0.29) is 17.4 Å². The van der Waals surface area contributed by atoms with Gasteiger partial charge in [0.05, 0.1) is 0 Å². The highest BCUT2D eigenvalue weighted by Crippen LogP contribution is 2.32. The Morgan fingerprint density at radius 3 is 2.53 bits per heavy atom. The van der Waals surface area contributed by atoms with Gasteiger partial charge in [-0.25, -0.2) is 9.78 Å². The number of hydrogen-bond donors (Lipinski definition) is 2. The molecule has 1 aliphatic heterocycles. The summed E-state index contributed by atoms with van der Waals surface area (Å²) in [4.78, 5) is 34.0. The molecular formula is C24H34N4O3S. The number of nitrogens with zero attached hydrogens (tertiary/aromatic N) is 2. The van der Waals surface area contributed by atoms with Crippen molar-refractivity contribution in [2.45, 2.75) is 57.4 Å². The van der Waals surface area contributed by atoms with E-state index in [4.69, 9.17) is 4.74 Å². The summed E-state index contributed by atoms with van der Waals surface area (Å²) in [7, 11) is 0. The summed E-state index contributed by atoms with van der Waals surface area (Å²) in [6.45, 7) is 10.6. The van der Waals surface area contributed by atoms with E-state index in [0.29, 0.717) is 42.1 Å². The average Bonchev–Trinajstić information content (AvgIpc) is 3.26. The molecule has 0 radical (unpaired) electrons. The average molecular weight is 459 g/mol. The third-order valence-corrected chi connectivity index (χ3v) is 6.92. The van der Waals surface area contributed by atoms with Crippen LogP contribution in [0.5, 0.6) is 5.75 Å². The molecule has 2 amide bonds. The number of imidazole rings is 1. The maximum absolute atomic E-state index is 12.6. The van der Waals surface area contributed by atoms with Gasteiger partial charge in [0.1, 0.15) is 5.75 Å². The summed E-state index contributed by atoms with van der Waals surface area (Å²) in [5.74, 6) is 0.867. The molecule has 1 fully saturated rings. The lowest BCUT2D eigenvalue weighted by molar-refractivity contribution is 0.0949. The van der Waals surface area contributed by atoms with Gasteiger partial charge in [-0.05, 0) is 54.9 Å². The summed E-state index contributed by atoms with van der Waals surface area (Å²) in [5.41, 5.74) is 0.735. The van der Waals surface area contributed by atoms with Gasteiger partial charge in [0.15, 0.2) is 5.16 Å². The predicted octanol–water partition coefficient (Wildman–Crippen LogP) is 4.97. The number of rotatable bonds is 7. The number of amides is 2. The van der Waals surface area contributed by atoms with E-state index in [1.807, 2.05) is 6.20 Å². The smallest absolute Gasteiger partial charge is 0.410 e. The van der Waals surface area contributed by atoms with Crippen molar-refractivity contribution >= 4 is 23.8 Å². The van der Waals surface area contributed by atoms with Gasteiger partial charge in [0.25, 0.3) is 5.91 Å². The molecule has 1 aliphatic rings. The number of nitrogens with one attached hydrogen (secondary N) is 2. The minimum atomic E-state index is -0.336. The predicted molar refractivity (Wildman–Crippen MR) is 127 cm³/mol. The van der Waals surface area contributed by atoms with Crippen LogP contribution < -0.4 is 10.1 Å². The Hall–Kier alpha value is -2.48. The summed E-state index contributed by atoms with van der Waals surface area (Å²) in [6.07, 6.45) is 6.05. The number of ether oxygens (including phenoxy) is 1. The fourth-order valence-electron chi connectivity index (χ4n) is 3.63. The van der Waals surface area contributed by atoms with Gasteiger partial charge < -0.3 is 19.9 Å². The third-order valence-electron chi connectivity index (χ3n) is 5.71. The lowest BCUT2D eigenvalue weighted by Crippen LogP contribution is -2.41. The highest BCUT2D eigenvalue weighted by molar-refractivity contribution is 7.99. The van der Waals surface area contributed by atoms with Crippen LogP contribution in [-0.4, -0.2) is 51.8 Å². The first kappa shape index (κ1) is 24.2.